The molecule has 31 heavy (non-hydrogen) atoms. The van der Waals surface area contributed by atoms with Gasteiger partial charge in [-0.2, -0.15) is 0 Å². The SMILES string of the molecule is Cc1ccc(C(=O)N2CCc3ccccc3[C@H]2Cc2ccccc2)cc1NS(C)(=O)=O. The summed E-state index contributed by atoms with van der Waals surface area (Å²) in [5.74, 6) is -0.0908. The molecule has 0 bridgehead atoms. The van der Waals surface area contributed by atoms with Crippen LogP contribution in [0.15, 0.2) is 72.8 Å². The highest BCUT2D eigenvalue weighted by molar-refractivity contribution is 7.92. The van der Waals surface area contributed by atoms with Gasteiger partial charge in [0, 0.05) is 12.1 Å². The minimum Gasteiger partial charge on any atom is -0.331 e. The highest BCUT2D eigenvalue weighted by atomic mass is 32.2. The van der Waals surface area contributed by atoms with Crippen molar-refractivity contribution in [2.45, 2.75) is 25.8 Å². The number of aryl methyl sites for hydroxylation is 1. The van der Waals surface area contributed by atoms with Crippen LogP contribution in [-0.4, -0.2) is 32.0 Å². The molecule has 1 aliphatic rings. The predicted octanol–water partition coefficient (Wildman–Crippen LogP) is 4.35. The number of benzene rings is 3. The molecule has 1 heterocycles. The van der Waals surface area contributed by atoms with Crippen LogP contribution in [0, 0.1) is 6.92 Å². The summed E-state index contributed by atoms with van der Waals surface area (Å²) >= 11 is 0. The number of hydrogen-bond donors (Lipinski definition) is 1. The molecule has 0 radical (unpaired) electrons. The highest BCUT2D eigenvalue weighted by Gasteiger charge is 2.31. The molecule has 0 saturated heterocycles. The van der Waals surface area contributed by atoms with Gasteiger partial charge < -0.3 is 4.90 Å². The summed E-state index contributed by atoms with van der Waals surface area (Å²) < 4.78 is 26.0. The van der Waals surface area contributed by atoms with Gasteiger partial charge in [-0.3, -0.25) is 9.52 Å². The first kappa shape index (κ1) is 21.1. The molecule has 0 aliphatic carbocycles. The van der Waals surface area contributed by atoms with Crippen molar-refractivity contribution in [3.8, 4) is 0 Å². The van der Waals surface area contributed by atoms with Crippen LogP contribution in [0.3, 0.4) is 0 Å². The van der Waals surface area contributed by atoms with E-state index in [2.05, 4.69) is 29.0 Å². The smallest absolute Gasteiger partial charge is 0.254 e. The zero-order chi connectivity index (χ0) is 22.0. The quantitative estimate of drug-likeness (QED) is 0.649. The fourth-order valence-electron chi connectivity index (χ4n) is 4.18. The van der Waals surface area contributed by atoms with E-state index >= 15 is 0 Å². The molecule has 1 N–H and O–H groups in total. The first-order valence-corrected chi connectivity index (χ1v) is 12.2. The van der Waals surface area contributed by atoms with Crippen LogP contribution in [0.4, 0.5) is 5.69 Å². The molecule has 1 aliphatic heterocycles. The maximum atomic E-state index is 13.6. The van der Waals surface area contributed by atoms with E-state index in [0.717, 1.165) is 24.7 Å². The van der Waals surface area contributed by atoms with E-state index in [-0.39, 0.29) is 11.9 Å². The second-order valence-electron chi connectivity index (χ2n) is 8.06. The Balaban J connectivity index is 1.70. The lowest BCUT2D eigenvalue weighted by Gasteiger charge is -2.38. The number of sulfonamides is 1. The summed E-state index contributed by atoms with van der Waals surface area (Å²) in [7, 11) is -3.43. The summed E-state index contributed by atoms with van der Waals surface area (Å²) in [6.07, 6.45) is 2.63. The van der Waals surface area contributed by atoms with Crippen LogP contribution < -0.4 is 4.72 Å². The van der Waals surface area contributed by atoms with Gasteiger partial charge in [-0.05, 0) is 54.2 Å². The maximum absolute atomic E-state index is 13.6. The van der Waals surface area contributed by atoms with Gasteiger partial charge in [-0.25, -0.2) is 8.42 Å². The number of rotatable bonds is 5. The first-order chi connectivity index (χ1) is 14.8. The molecule has 1 atom stereocenters. The Labute approximate surface area is 183 Å². The second kappa shape index (κ2) is 8.55. The summed E-state index contributed by atoms with van der Waals surface area (Å²) in [6, 6.07) is 23.6. The average Bonchev–Trinajstić information content (AvgIpc) is 2.75. The molecule has 0 unspecified atom stereocenters. The number of nitrogens with one attached hydrogen (secondary N) is 1. The third kappa shape index (κ3) is 4.80. The van der Waals surface area contributed by atoms with Crippen LogP contribution >= 0.6 is 0 Å². The van der Waals surface area contributed by atoms with Gasteiger partial charge in [0.25, 0.3) is 5.91 Å². The largest absolute Gasteiger partial charge is 0.331 e. The Morgan fingerprint density at radius 3 is 2.48 bits per heavy atom. The van der Waals surface area contributed by atoms with Crippen molar-refractivity contribution in [1.29, 1.82) is 0 Å². The van der Waals surface area contributed by atoms with Crippen LogP contribution in [0.2, 0.25) is 0 Å². The number of carbonyl (C=O) groups is 1. The van der Waals surface area contributed by atoms with E-state index in [1.165, 1.54) is 16.7 Å². The molecule has 0 spiro atoms. The summed E-state index contributed by atoms with van der Waals surface area (Å²) in [6.45, 7) is 2.44. The lowest BCUT2D eigenvalue weighted by atomic mass is 9.88. The van der Waals surface area contributed by atoms with Crippen molar-refractivity contribution in [2.24, 2.45) is 0 Å². The normalized spacial score (nSPS) is 15.9. The number of nitrogens with zero attached hydrogens (tertiary/aromatic N) is 1. The molecule has 160 valence electrons. The monoisotopic (exact) mass is 434 g/mol. The summed E-state index contributed by atoms with van der Waals surface area (Å²) in [5.41, 5.74) is 5.31. The third-order valence-electron chi connectivity index (χ3n) is 5.72. The van der Waals surface area contributed by atoms with Gasteiger partial charge >= 0.3 is 0 Å². The van der Waals surface area contributed by atoms with E-state index in [1.54, 1.807) is 18.2 Å². The molecular weight excluding hydrogens is 408 g/mol. The minimum absolute atomic E-state index is 0.0764. The van der Waals surface area contributed by atoms with Crippen molar-refractivity contribution < 1.29 is 13.2 Å². The summed E-state index contributed by atoms with van der Waals surface area (Å²) in [4.78, 5) is 15.5. The number of hydrogen-bond acceptors (Lipinski definition) is 3. The molecule has 5 nitrogen and oxygen atoms in total. The number of carbonyl (C=O) groups excluding carboxylic acids is 1. The predicted molar refractivity (Wildman–Crippen MR) is 124 cm³/mol. The Hall–Kier alpha value is -3.12. The fourth-order valence-corrected chi connectivity index (χ4v) is 4.80. The van der Waals surface area contributed by atoms with Crippen LogP contribution in [0.25, 0.3) is 0 Å². The Kier molecular flexibility index (Phi) is 5.83. The van der Waals surface area contributed by atoms with Crippen LogP contribution in [-0.2, 0) is 22.9 Å². The molecule has 6 heteroatoms. The third-order valence-corrected chi connectivity index (χ3v) is 6.32. The second-order valence-corrected chi connectivity index (χ2v) is 9.81. The van der Waals surface area contributed by atoms with Crippen molar-refractivity contribution in [3.05, 3.63) is 101 Å². The van der Waals surface area contributed by atoms with Gasteiger partial charge in [0.05, 0.1) is 18.0 Å². The van der Waals surface area contributed by atoms with E-state index in [1.807, 2.05) is 42.2 Å². The number of fused-ring (bicyclic) bond motifs is 1. The number of amides is 1. The van der Waals surface area contributed by atoms with Crippen molar-refractivity contribution in [2.75, 3.05) is 17.5 Å². The topological polar surface area (TPSA) is 66.5 Å². The fraction of sp³-hybridized carbons (Fsp3) is 0.240. The van der Waals surface area contributed by atoms with Crippen LogP contribution in [0.1, 0.15) is 38.7 Å². The molecule has 0 fully saturated rings. The Morgan fingerprint density at radius 2 is 1.74 bits per heavy atom. The van der Waals surface area contributed by atoms with Crippen LogP contribution in [0.5, 0.6) is 0 Å². The van der Waals surface area contributed by atoms with Crippen molar-refractivity contribution >= 4 is 21.6 Å². The van der Waals surface area contributed by atoms with Gasteiger partial charge in [0.1, 0.15) is 0 Å². The molecule has 3 aromatic rings. The lowest BCUT2D eigenvalue weighted by Crippen LogP contribution is -2.41. The molecule has 3 aromatic carbocycles. The highest BCUT2D eigenvalue weighted by Crippen LogP contribution is 2.34. The van der Waals surface area contributed by atoms with Gasteiger partial charge in [0.15, 0.2) is 0 Å². The standard InChI is InChI=1S/C25H26N2O3S/c1-18-12-13-21(17-23(18)26-31(2,29)30)25(28)27-15-14-20-10-6-7-11-22(20)24(27)16-19-8-4-3-5-9-19/h3-13,17,24,26H,14-16H2,1-2H3/t24-/m1/s1. The van der Waals surface area contributed by atoms with E-state index in [4.69, 9.17) is 0 Å². The molecule has 0 saturated carbocycles. The van der Waals surface area contributed by atoms with Gasteiger partial charge in [-0.1, -0.05) is 60.7 Å². The zero-order valence-corrected chi connectivity index (χ0v) is 18.5. The average molecular weight is 435 g/mol. The lowest BCUT2D eigenvalue weighted by molar-refractivity contribution is 0.0660. The molecule has 0 aromatic heterocycles. The van der Waals surface area contributed by atoms with Gasteiger partial charge in [0.2, 0.25) is 10.0 Å². The van der Waals surface area contributed by atoms with Crippen molar-refractivity contribution in [3.63, 3.8) is 0 Å². The van der Waals surface area contributed by atoms with E-state index in [9.17, 15) is 13.2 Å². The molecular formula is C25H26N2O3S. The first-order valence-electron chi connectivity index (χ1n) is 10.3. The summed E-state index contributed by atoms with van der Waals surface area (Å²) in [5, 5.41) is 0. The van der Waals surface area contributed by atoms with E-state index in [0.29, 0.717) is 17.8 Å². The molecule has 1 amide bonds. The minimum atomic E-state index is -3.43. The van der Waals surface area contributed by atoms with Crippen molar-refractivity contribution in [1.82, 2.24) is 4.90 Å². The van der Waals surface area contributed by atoms with Gasteiger partial charge in [-0.15, -0.1) is 0 Å². The maximum Gasteiger partial charge on any atom is 0.254 e. The Bertz CT molecular complexity index is 1210. The Morgan fingerprint density at radius 1 is 1.03 bits per heavy atom. The van der Waals surface area contributed by atoms with E-state index < -0.39 is 10.0 Å². The number of anilines is 1. The molecule has 4 rings (SSSR count). The zero-order valence-electron chi connectivity index (χ0n) is 17.7.